The Bertz CT molecular complexity index is 679. The molecule has 2 aromatic rings. The molecule has 1 atom stereocenters. The van der Waals surface area contributed by atoms with Crippen molar-refractivity contribution in [1.29, 1.82) is 0 Å². The Balaban J connectivity index is 1.91. The fourth-order valence-corrected chi connectivity index (χ4v) is 2.06. The number of nitrogens with one attached hydrogen (secondary N) is 1. The van der Waals surface area contributed by atoms with E-state index in [2.05, 4.69) is 10.3 Å². The number of carbonyl (C=O) groups is 2. The zero-order valence-corrected chi connectivity index (χ0v) is 12.9. The number of benzene rings is 1. The minimum Gasteiger partial charge on any atom is -0.480 e. The molecule has 0 spiro atoms. The molecule has 0 aliphatic carbocycles. The highest BCUT2D eigenvalue weighted by molar-refractivity contribution is 6.30. The molecule has 2 N–H and O–H groups in total. The zero-order chi connectivity index (χ0) is 16.7. The van der Waals surface area contributed by atoms with Crippen molar-refractivity contribution < 1.29 is 19.4 Å². The maximum atomic E-state index is 11.7. The number of ether oxygens (including phenoxy) is 1. The predicted molar refractivity (Wildman–Crippen MR) is 84.1 cm³/mol. The molecule has 0 saturated heterocycles. The summed E-state index contributed by atoms with van der Waals surface area (Å²) in [6.45, 7) is 0.0639. The molecular weight excluding hydrogens is 320 g/mol. The number of amides is 1. The van der Waals surface area contributed by atoms with E-state index in [1.165, 1.54) is 6.20 Å². The third-order valence-electron chi connectivity index (χ3n) is 2.99. The largest absolute Gasteiger partial charge is 0.480 e. The third-order valence-corrected chi connectivity index (χ3v) is 3.23. The van der Waals surface area contributed by atoms with Gasteiger partial charge in [-0.3, -0.25) is 4.98 Å². The number of hydrogen-bond donors (Lipinski definition) is 2. The van der Waals surface area contributed by atoms with E-state index in [0.29, 0.717) is 10.7 Å². The van der Waals surface area contributed by atoms with E-state index in [0.717, 1.165) is 5.56 Å². The molecule has 0 radical (unpaired) electrons. The van der Waals surface area contributed by atoms with Gasteiger partial charge in [-0.05, 0) is 17.7 Å². The fourth-order valence-electron chi connectivity index (χ4n) is 1.88. The van der Waals surface area contributed by atoms with Crippen LogP contribution in [0.2, 0.25) is 5.02 Å². The van der Waals surface area contributed by atoms with Crippen LogP contribution in [0, 0.1) is 0 Å². The maximum Gasteiger partial charge on any atom is 0.408 e. The summed E-state index contributed by atoms with van der Waals surface area (Å²) in [5.41, 5.74) is 1.28. The number of alkyl carbamates (subject to hydrolysis) is 1. The summed E-state index contributed by atoms with van der Waals surface area (Å²) in [6, 6.07) is 11.1. The number of aliphatic carboxylic acids is 1. The molecule has 7 heteroatoms. The van der Waals surface area contributed by atoms with Gasteiger partial charge in [0.2, 0.25) is 0 Å². The van der Waals surface area contributed by atoms with E-state index >= 15 is 0 Å². The summed E-state index contributed by atoms with van der Waals surface area (Å²) in [5, 5.41) is 12.0. The summed E-state index contributed by atoms with van der Waals surface area (Å²) >= 11 is 5.83. The zero-order valence-electron chi connectivity index (χ0n) is 12.1. The molecule has 0 fully saturated rings. The number of halogens is 1. The summed E-state index contributed by atoms with van der Waals surface area (Å²) in [4.78, 5) is 27.0. The number of carboxylic acids is 1. The molecule has 1 amide bonds. The van der Waals surface area contributed by atoms with Gasteiger partial charge in [0.25, 0.3) is 0 Å². The summed E-state index contributed by atoms with van der Waals surface area (Å²) in [7, 11) is 0. The summed E-state index contributed by atoms with van der Waals surface area (Å²) in [5.74, 6) is -1.18. The van der Waals surface area contributed by atoms with Crippen molar-refractivity contribution in [1.82, 2.24) is 10.3 Å². The van der Waals surface area contributed by atoms with Crippen LogP contribution >= 0.6 is 11.6 Å². The summed E-state index contributed by atoms with van der Waals surface area (Å²) in [6.07, 6.45) is 0.684. The van der Waals surface area contributed by atoms with E-state index in [1.807, 2.05) is 18.2 Å². The highest BCUT2D eigenvalue weighted by Gasteiger charge is 2.21. The van der Waals surface area contributed by atoms with Crippen LogP contribution in [0.3, 0.4) is 0 Å². The average molecular weight is 335 g/mol. The van der Waals surface area contributed by atoms with E-state index in [9.17, 15) is 14.7 Å². The lowest BCUT2D eigenvalue weighted by atomic mass is 10.1. The fraction of sp³-hybridized carbons (Fsp3) is 0.188. The van der Waals surface area contributed by atoms with Crippen molar-refractivity contribution in [3.63, 3.8) is 0 Å². The van der Waals surface area contributed by atoms with E-state index in [4.69, 9.17) is 16.3 Å². The normalized spacial score (nSPS) is 11.5. The van der Waals surface area contributed by atoms with Crippen LogP contribution in [0.15, 0.2) is 48.7 Å². The smallest absolute Gasteiger partial charge is 0.408 e. The van der Waals surface area contributed by atoms with Gasteiger partial charge in [0.15, 0.2) is 0 Å². The van der Waals surface area contributed by atoms with Crippen molar-refractivity contribution in [3.8, 4) is 0 Å². The summed E-state index contributed by atoms with van der Waals surface area (Å²) < 4.78 is 5.01. The van der Waals surface area contributed by atoms with Crippen LogP contribution in [0.4, 0.5) is 4.79 Å². The molecule has 1 heterocycles. The molecular formula is C16H15ClN2O4. The first-order valence-corrected chi connectivity index (χ1v) is 7.23. The molecule has 0 saturated carbocycles. The molecule has 0 aliphatic rings. The first kappa shape index (κ1) is 16.8. The molecule has 1 aromatic carbocycles. The van der Waals surface area contributed by atoms with Crippen molar-refractivity contribution in [2.45, 2.75) is 19.1 Å². The number of rotatable bonds is 6. The Hall–Kier alpha value is -2.60. The van der Waals surface area contributed by atoms with Gasteiger partial charge in [-0.1, -0.05) is 41.9 Å². The topological polar surface area (TPSA) is 88.5 Å². The van der Waals surface area contributed by atoms with Crippen LogP contribution in [-0.4, -0.2) is 28.2 Å². The van der Waals surface area contributed by atoms with E-state index < -0.39 is 18.1 Å². The standard InChI is InChI=1S/C16H15ClN2O4/c17-12-6-7-18-13(8-12)9-14(15(20)21)19-16(22)23-10-11-4-2-1-3-5-11/h1-8,14H,9-10H2,(H,19,22)(H,20,21). The van der Waals surface area contributed by atoms with Crippen molar-refractivity contribution in [3.05, 3.63) is 64.9 Å². The quantitative estimate of drug-likeness (QED) is 0.847. The van der Waals surface area contributed by atoms with E-state index in [1.54, 1.807) is 24.3 Å². The molecule has 1 unspecified atom stereocenters. The number of carboxylic acid groups (broad SMARTS) is 1. The Kier molecular flexibility index (Phi) is 5.94. The van der Waals surface area contributed by atoms with Crippen LogP contribution in [0.25, 0.3) is 0 Å². The Morgan fingerprint density at radius 1 is 1.26 bits per heavy atom. The predicted octanol–water partition coefficient (Wildman–Crippen LogP) is 2.66. The van der Waals surface area contributed by atoms with Crippen LogP contribution in [-0.2, 0) is 22.6 Å². The van der Waals surface area contributed by atoms with Crippen molar-refractivity contribution >= 4 is 23.7 Å². The molecule has 23 heavy (non-hydrogen) atoms. The van der Waals surface area contributed by atoms with Crippen LogP contribution < -0.4 is 5.32 Å². The molecule has 2 rings (SSSR count). The Morgan fingerprint density at radius 3 is 2.65 bits per heavy atom. The second-order valence-electron chi connectivity index (χ2n) is 4.77. The monoisotopic (exact) mass is 334 g/mol. The van der Waals surface area contributed by atoms with Crippen LogP contribution in [0.1, 0.15) is 11.3 Å². The molecule has 120 valence electrons. The van der Waals surface area contributed by atoms with Crippen molar-refractivity contribution in [2.24, 2.45) is 0 Å². The second kappa shape index (κ2) is 8.14. The van der Waals surface area contributed by atoms with Gasteiger partial charge >= 0.3 is 12.1 Å². The van der Waals surface area contributed by atoms with E-state index in [-0.39, 0.29) is 13.0 Å². The molecule has 0 bridgehead atoms. The molecule has 6 nitrogen and oxygen atoms in total. The first-order chi connectivity index (χ1) is 11.0. The number of pyridine rings is 1. The van der Waals surface area contributed by atoms with Gasteiger partial charge in [-0.25, -0.2) is 9.59 Å². The minimum atomic E-state index is -1.18. The van der Waals surface area contributed by atoms with Gasteiger partial charge in [-0.15, -0.1) is 0 Å². The van der Waals surface area contributed by atoms with Crippen molar-refractivity contribution in [2.75, 3.05) is 0 Å². The first-order valence-electron chi connectivity index (χ1n) is 6.85. The minimum absolute atomic E-state index is 0.0102. The Labute approximate surface area is 138 Å². The maximum absolute atomic E-state index is 11.7. The second-order valence-corrected chi connectivity index (χ2v) is 5.20. The lowest BCUT2D eigenvalue weighted by Gasteiger charge is -2.14. The SMILES string of the molecule is O=C(NC(Cc1cc(Cl)ccn1)C(=O)O)OCc1ccccc1. The number of nitrogens with zero attached hydrogens (tertiary/aromatic N) is 1. The molecule has 0 aliphatic heterocycles. The highest BCUT2D eigenvalue weighted by atomic mass is 35.5. The number of hydrogen-bond acceptors (Lipinski definition) is 4. The number of carbonyl (C=O) groups excluding carboxylic acids is 1. The van der Waals surface area contributed by atoms with Gasteiger partial charge in [0.05, 0.1) is 0 Å². The van der Waals surface area contributed by atoms with Crippen LogP contribution in [0.5, 0.6) is 0 Å². The van der Waals surface area contributed by atoms with Gasteiger partial charge in [0.1, 0.15) is 12.6 Å². The third kappa shape index (κ3) is 5.60. The lowest BCUT2D eigenvalue weighted by Crippen LogP contribution is -2.42. The van der Waals surface area contributed by atoms with Gasteiger partial charge in [-0.2, -0.15) is 0 Å². The molecule has 1 aromatic heterocycles. The van der Waals surface area contributed by atoms with Gasteiger partial charge in [0, 0.05) is 23.3 Å². The number of aromatic nitrogens is 1. The van der Waals surface area contributed by atoms with Gasteiger partial charge < -0.3 is 15.2 Å². The Morgan fingerprint density at radius 2 is 2.00 bits per heavy atom. The average Bonchev–Trinajstić information content (AvgIpc) is 2.53. The lowest BCUT2D eigenvalue weighted by molar-refractivity contribution is -0.139. The highest BCUT2D eigenvalue weighted by Crippen LogP contribution is 2.10.